The van der Waals surface area contributed by atoms with Crippen LogP contribution in [0.5, 0.6) is 5.75 Å². The highest BCUT2D eigenvalue weighted by Gasteiger charge is 2.32. The molecule has 0 atom stereocenters. The zero-order valence-electron chi connectivity index (χ0n) is 22.3. The second-order valence-electron chi connectivity index (χ2n) is 9.35. The standard InChI is InChI=1S/C30H32F3N5O2/c1-2-40-28-24(21-7-4-3-5-8-21)10-12-26(27(28)29(39)36-14-6-13-34)38-17-15-37(16-18-38)25-11-9-23(30(31,32)33)19-22(25)20-35/h3-5,7-12,19H,2,6,13-18,34H2,1H3,(H,36,39). The first-order valence-corrected chi connectivity index (χ1v) is 13.2. The van der Waals surface area contributed by atoms with E-state index in [4.69, 9.17) is 10.5 Å². The monoisotopic (exact) mass is 551 g/mol. The van der Waals surface area contributed by atoms with Crippen molar-refractivity contribution in [3.63, 3.8) is 0 Å². The van der Waals surface area contributed by atoms with E-state index in [2.05, 4.69) is 10.2 Å². The SMILES string of the molecule is CCOc1c(-c2ccccc2)ccc(N2CCN(c3ccc(C(F)(F)F)cc3C#N)CC2)c1C(=O)NCCCN. The number of carbonyl (C=O) groups excluding carboxylic acids is 1. The van der Waals surface area contributed by atoms with Gasteiger partial charge in [-0.3, -0.25) is 4.79 Å². The van der Waals surface area contributed by atoms with Crippen LogP contribution < -0.4 is 25.6 Å². The van der Waals surface area contributed by atoms with Crippen molar-refractivity contribution in [2.45, 2.75) is 19.5 Å². The second-order valence-corrected chi connectivity index (χ2v) is 9.35. The van der Waals surface area contributed by atoms with Crippen LogP contribution in [-0.4, -0.2) is 51.8 Å². The molecule has 0 radical (unpaired) electrons. The maximum atomic E-state index is 13.5. The third kappa shape index (κ3) is 6.32. The first kappa shape index (κ1) is 28.8. The molecule has 1 heterocycles. The zero-order chi connectivity index (χ0) is 28.7. The van der Waals surface area contributed by atoms with E-state index in [1.54, 1.807) is 0 Å². The number of anilines is 2. The summed E-state index contributed by atoms with van der Waals surface area (Å²) in [5.41, 5.74) is 8.08. The molecule has 3 N–H and O–H groups in total. The molecular weight excluding hydrogens is 519 g/mol. The molecule has 3 aromatic rings. The predicted octanol–water partition coefficient (Wildman–Crippen LogP) is 5.05. The van der Waals surface area contributed by atoms with E-state index < -0.39 is 11.7 Å². The summed E-state index contributed by atoms with van der Waals surface area (Å²) in [5.74, 6) is 0.231. The number of rotatable bonds is 9. The zero-order valence-corrected chi connectivity index (χ0v) is 22.3. The van der Waals surface area contributed by atoms with Gasteiger partial charge in [-0.15, -0.1) is 0 Å². The van der Waals surface area contributed by atoms with E-state index in [1.807, 2.05) is 60.4 Å². The Morgan fingerprint density at radius 3 is 2.27 bits per heavy atom. The van der Waals surface area contributed by atoms with Crippen molar-refractivity contribution in [2.75, 3.05) is 55.7 Å². The molecule has 1 aliphatic rings. The number of ether oxygens (including phenoxy) is 1. The van der Waals surface area contributed by atoms with Crippen LogP contribution in [-0.2, 0) is 6.18 Å². The number of nitriles is 1. The number of hydrogen-bond acceptors (Lipinski definition) is 6. The van der Waals surface area contributed by atoms with Gasteiger partial charge in [0.15, 0.2) is 0 Å². The molecule has 0 unspecified atom stereocenters. The molecule has 0 bridgehead atoms. The highest BCUT2D eigenvalue weighted by atomic mass is 19.4. The van der Waals surface area contributed by atoms with Crippen molar-refractivity contribution in [1.29, 1.82) is 5.26 Å². The number of hydrogen-bond donors (Lipinski definition) is 2. The Bertz CT molecular complexity index is 1360. The molecule has 0 saturated carbocycles. The van der Waals surface area contributed by atoms with Crippen LogP contribution in [0.3, 0.4) is 0 Å². The highest BCUT2D eigenvalue weighted by molar-refractivity contribution is 6.05. The number of benzene rings is 3. The highest BCUT2D eigenvalue weighted by Crippen LogP contribution is 2.40. The maximum absolute atomic E-state index is 13.5. The van der Waals surface area contributed by atoms with Crippen molar-refractivity contribution >= 4 is 17.3 Å². The van der Waals surface area contributed by atoms with Crippen molar-refractivity contribution in [2.24, 2.45) is 5.73 Å². The lowest BCUT2D eigenvalue weighted by atomic mass is 9.98. The molecule has 0 spiro atoms. The lowest BCUT2D eigenvalue weighted by Gasteiger charge is -2.38. The fourth-order valence-electron chi connectivity index (χ4n) is 4.85. The van der Waals surface area contributed by atoms with Gasteiger partial charge in [0.05, 0.1) is 29.1 Å². The lowest BCUT2D eigenvalue weighted by Crippen LogP contribution is -2.47. The van der Waals surface area contributed by atoms with Gasteiger partial charge < -0.3 is 25.6 Å². The van der Waals surface area contributed by atoms with Crippen molar-refractivity contribution in [3.05, 3.63) is 77.4 Å². The molecule has 3 aromatic carbocycles. The lowest BCUT2D eigenvalue weighted by molar-refractivity contribution is -0.137. The number of amides is 1. The van der Waals surface area contributed by atoms with Gasteiger partial charge >= 0.3 is 6.18 Å². The minimum Gasteiger partial charge on any atom is -0.492 e. The summed E-state index contributed by atoms with van der Waals surface area (Å²) in [6.07, 6.45) is -3.88. The number of halogens is 3. The average molecular weight is 552 g/mol. The molecule has 0 aliphatic carbocycles. The summed E-state index contributed by atoms with van der Waals surface area (Å²) in [7, 11) is 0. The Morgan fingerprint density at radius 1 is 1.02 bits per heavy atom. The minimum atomic E-state index is -4.52. The minimum absolute atomic E-state index is 0.0194. The van der Waals surface area contributed by atoms with Gasteiger partial charge in [0.25, 0.3) is 5.91 Å². The van der Waals surface area contributed by atoms with Gasteiger partial charge in [0.2, 0.25) is 0 Å². The van der Waals surface area contributed by atoms with Gasteiger partial charge in [0.1, 0.15) is 17.4 Å². The first-order chi connectivity index (χ1) is 19.3. The molecule has 1 aliphatic heterocycles. The summed E-state index contributed by atoms with van der Waals surface area (Å²) in [6.45, 7) is 5.01. The van der Waals surface area contributed by atoms with Gasteiger partial charge in [-0.2, -0.15) is 18.4 Å². The van der Waals surface area contributed by atoms with Crippen LogP contribution in [0.2, 0.25) is 0 Å². The summed E-state index contributed by atoms with van der Waals surface area (Å²) >= 11 is 0. The molecule has 210 valence electrons. The number of alkyl halides is 3. The smallest absolute Gasteiger partial charge is 0.416 e. The molecule has 1 saturated heterocycles. The summed E-state index contributed by atoms with van der Waals surface area (Å²) in [6, 6.07) is 18.7. The Hall–Kier alpha value is -4.23. The second kappa shape index (κ2) is 12.7. The summed E-state index contributed by atoms with van der Waals surface area (Å²) in [5, 5.41) is 12.5. The number of nitrogens with two attached hydrogens (primary N) is 1. The van der Waals surface area contributed by atoms with E-state index in [9.17, 15) is 23.2 Å². The van der Waals surface area contributed by atoms with Crippen LogP contribution in [0.25, 0.3) is 11.1 Å². The molecule has 1 amide bonds. The van der Waals surface area contributed by atoms with Gasteiger partial charge in [-0.25, -0.2) is 0 Å². The third-order valence-electron chi connectivity index (χ3n) is 6.81. The normalized spacial score (nSPS) is 13.6. The molecular formula is C30H32F3N5O2. The van der Waals surface area contributed by atoms with Gasteiger partial charge in [-0.05, 0) is 55.8 Å². The van der Waals surface area contributed by atoms with E-state index >= 15 is 0 Å². The Kier molecular flexibility index (Phi) is 9.17. The van der Waals surface area contributed by atoms with E-state index in [1.165, 1.54) is 6.07 Å². The summed E-state index contributed by atoms with van der Waals surface area (Å²) in [4.78, 5) is 17.5. The molecule has 40 heavy (non-hydrogen) atoms. The van der Waals surface area contributed by atoms with Crippen LogP contribution in [0.1, 0.15) is 34.8 Å². The topological polar surface area (TPSA) is 94.6 Å². The number of piperazine rings is 1. The molecule has 7 nitrogen and oxygen atoms in total. The number of nitrogens with zero attached hydrogens (tertiary/aromatic N) is 3. The maximum Gasteiger partial charge on any atom is 0.416 e. The Balaban J connectivity index is 1.66. The van der Waals surface area contributed by atoms with Gasteiger partial charge in [-0.1, -0.05) is 30.3 Å². The van der Waals surface area contributed by atoms with Crippen LogP contribution in [0.15, 0.2) is 60.7 Å². The Morgan fingerprint density at radius 2 is 1.68 bits per heavy atom. The third-order valence-corrected chi connectivity index (χ3v) is 6.81. The fourth-order valence-corrected chi connectivity index (χ4v) is 4.85. The van der Waals surface area contributed by atoms with Crippen molar-refractivity contribution in [3.8, 4) is 22.9 Å². The fraction of sp³-hybridized carbons (Fsp3) is 0.333. The van der Waals surface area contributed by atoms with E-state index in [0.717, 1.165) is 23.3 Å². The molecule has 4 rings (SSSR count). The first-order valence-electron chi connectivity index (χ1n) is 13.2. The number of carbonyl (C=O) groups is 1. The molecule has 10 heteroatoms. The van der Waals surface area contributed by atoms with Crippen LogP contribution >= 0.6 is 0 Å². The molecule has 1 fully saturated rings. The number of nitrogens with one attached hydrogen (secondary N) is 1. The Labute approximate surface area is 231 Å². The summed E-state index contributed by atoms with van der Waals surface area (Å²) < 4.78 is 45.6. The predicted molar refractivity (Wildman–Crippen MR) is 150 cm³/mol. The van der Waals surface area contributed by atoms with Crippen LogP contribution in [0, 0.1) is 11.3 Å². The largest absolute Gasteiger partial charge is 0.492 e. The molecule has 0 aromatic heterocycles. The van der Waals surface area contributed by atoms with Crippen molar-refractivity contribution in [1.82, 2.24) is 5.32 Å². The van der Waals surface area contributed by atoms with Crippen molar-refractivity contribution < 1.29 is 22.7 Å². The average Bonchev–Trinajstić information content (AvgIpc) is 2.97. The van der Waals surface area contributed by atoms with Gasteiger partial charge in [0, 0.05) is 38.3 Å². The van der Waals surface area contributed by atoms with E-state index in [0.29, 0.717) is 75.0 Å². The quantitative estimate of drug-likeness (QED) is 0.362. The van der Waals surface area contributed by atoms with Crippen LogP contribution in [0.4, 0.5) is 24.5 Å². The van der Waals surface area contributed by atoms with E-state index in [-0.39, 0.29) is 11.5 Å².